The zero-order valence-corrected chi connectivity index (χ0v) is 14.6. The number of para-hydroxylation sites is 1. The van der Waals surface area contributed by atoms with E-state index in [0.29, 0.717) is 12.4 Å². The second-order valence-electron chi connectivity index (χ2n) is 5.39. The smallest absolute Gasteiger partial charge is 0.342 e. The molecule has 0 saturated heterocycles. The van der Waals surface area contributed by atoms with E-state index in [4.69, 9.17) is 9.47 Å². The molecule has 1 unspecified atom stereocenters. The highest BCUT2D eigenvalue weighted by molar-refractivity contribution is 5.98. The van der Waals surface area contributed by atoms with Crippen LogP contribution < -0.4 is 10.1 Å². The van der Waals surface area contributed by atoms with Gasteiger partial charge in [0.1, 0.15) is 11.3 Å². The summed E-state index contributed by atoms with van der Waals surface area (Å²) in [5, 5.41) is 13.1. The number of halogens is 1. The summed E-state index contributed by atoms with van der Waals surface area (Å²) < 4.78 is 23.8. The fraction of sp³-hybridized carbons (Fsp3) is 0.222. The van der Waals surface area contributed by atoms with Crippen LogP contribution in [0.5, 0.6) is 5.75 Å². The average molecular weight is 376 g/mol. The average Bonchev–Trinajstić information content (AvgIpc) is 2.63. The molecule has 0 radical (unpaired) electrons. The summed E-state index contributed by atoms with van der Waals surface area (Å²) in [5.74, 6) is -2.18. The molecule has 1 atom stereocenters. The van der Waals surface area contributed by atoms with Crippen molar-refractivity contribution in [1.82, 2.24) is 0 Å². The summed E-state index contributed by atoms with van der Waals surface area (Å²) in [6.45, 7) is 3.46. The maximum Gasteiger partial charge on any atom is 0.342 e. The van der Waals surface area contributed by atoms with Crippen molar-refractivity contribution in [2.75, 3.05) is 11.9 Å². The minimum atomic E-state index is -1.20. The molecule has 0 saturated carbocycles. The Morgan fingerprint density at radius 2 is 1.96 bits per heavy atom. The lowest BCUT2D eigenvalue weighted by molar-refractivity contribution is -0.387. The Morgan fingerprint density at radius 3 is 2.63 bits per heavy atom. The van der Waals surface area contributed by atoms with Crippen LogP contribution in [0.25, 0.3) is 0 Å². The molecule has 1 N–H and O–H groups in total. The Bertz CT molecular complexity index is 871. The van der Waals surface area contributed by atoms with Crippen molar-refractivity contribution >= 4 is 23.3 Å². The first-order valence-electron chi connectivity index (χ1n) is 8.01. The number of esters is 1. The van der Waals surface area contributed by atoms with Crippen molar-refractivity contribution in [3.05, 3.63) is 64.0 Å². The minimum Gasteiger partial charge on any atom is -0.493 e. The number of rotatable bonds is 7. The minimum absolute atomic E-state index is 0.00529. The van der Waals surface area contributed by atoms with Crippen molar-refractivity contribution in [3.8, 4) is 5.75 Å². The van der Waals surface area contributed by atoms with E-state index >= 15 is 0 Å². The molecule has 0 aromatic heterocycles. The second-order valence-corrected chi connectivity index (χ2v) is 5.39. The van der Waals surface area contributed by atoms with Gasteiger partial charge < -0.3 is 14.8 Å². The van der Waals surface area contributed by atoms with Crippen molar-refractivity contribution in [2.45, 2.75) is 20.0 Å². The Labute approximate surface area is 154 Å². The van der Waals surface area contributed by atoms with Crippen LogP contribution in [0, 0.1) is 15.9 Å². The first-order chi connectivity index (χ1) is 12.8. The maximum absolute atomic E-state index is 13.3. The highest BCUT2D eigenvalue weighted by Gasteiger charge is 2.22. The van der Waals surface area contributed by atoms with Gasteiger partial charge in [0.05, 0.1) is 11.5 Å². The quantitative estimate of drug-likeness (QED) is 0.451. The normalized spacial score (nSPS) is 11.4. The lowest BCUT2D eigenvalue weighted by atomic mass is 10.2. The zero-order chi connectivity index (χ0) is 20.0. The van der Waals surface area contributed by atoms with Crippen LogP contribution in [0.1, 0.15) is 24.2 Å². The standard InChI is InChI=1S/C18H17FN2O6/c1-3-26-16-7-5-4-6-13(16)18(23)27-11(2)17(22)20-12-8-9-14(19)15(10-12)21(24)25/h4-11H,3H2,1-2H3,(H,20,22). The van der Waals surface area contributed by atoms with Crippen LogP contribution in [-0.2, 0) is 9.53 Å². The fourth-order valence-electron chi connectivity index (χ4n) is 2.17. The first-order valence-corrected chi connectivity index (χ1v) is 8.01. The molecule has 27 heavy (non-hydrogen) atoms. The molecule has 9 heteroatoms. The predicted octanol–water partition coefficient (Wildman–Crippen LogP) is 3.32. The number of nitrogens with zero attached hydrogens (tertiary/aromatic N) is 1. The summed E-state index contributed by atoms with van der Waals surface area (Å²) in [6, 6.07) is 9.33. The molecule has 0 aliphatic carbocycles. The van der Waals surface area contributed by atoms with Gasteiger partial charge in [-0.25, -0.2) is 4.79 Å². The molecule has 0 aliphatic heterocycles. The van der Waals surface area contributed by atoms with Crippen molar-refractivity contribution in [1.29, 1.82) is 0 Å². The zero-order valence-electron chi connectivity index (χ0n) is 14.6. The van der Waals surface area contributed by atoms with Gasteiger partial charge >= 0.3 is 11.7 Å². The third-order valence-corrected chi connectivity index (χ3v) is 3.47. The van der Waals surface area contributed by atoms with Crippen LogP contribution >= 0.6 is 0 Å². The van der Waals surface area contributed by atoms with E-state index in [0.717, 1.165) is 12.1 Å². The summed E-state index contributed by atoms with van der Waals surface area (Å²) in [7, 11) is 0. The lowest BCUT2D eigenvalue weighted by Crippen LogP contribution is -2.30. The number of nitrogens with one attached hydrogen (secondary N) is 1. The van der Waals surface area contributed by atoms with Gasteiger partial charge in [-0.05, 0) is 38.1 Å². The number of carbonyl (C=O) groups is 2. The van der Waals surface area contributed by atoms with Crippen molar-refractivity contribution in [2.24, 2.45) is 0 Å². The van der Waals surface area contributed by atoms with Gasteiger partial charge in [0.15, 0.2) is 6.10 Å². The molecule has 1 amide bonds. The highest BCUT2D eigenvalue weighted by Crippen LogP contribution is 2.22. The number of ether oxygens (including phenoxy) is 2. The summed E-state index contributed by atoms with van der Waals surface area (Å²) in [5.41, 5.74) is -0.606. The van der Waals surface area contributed by atoms with Gasteiger partial charge in [0.2, 0.25) is 5.82 Å². The molecule has 0 spiro atoms. The maximum atomic E-state index is 13.3. The number of nitro benzene ring substituents is 1. The van der Waals surface area contributed by atoms with E-state index in [9.17, 15) is 24.1 Å². The van der Waals surface area contributed by atoms with E-state index < -0.39 is 34.4 Å². The number of amides is 1. The van der Waals surface area contributed by atoms with Gasteiger partial charge in [-0.1, -0.05) is 12.1 Å². The van der Waals surface area contributed by atoms with Crippen LogP contribution in [-0.4, -0.2) is 29.5 Å². The Morgan fingerprint density at radius 1 is 1.26 bits per heavy atom. The third kappa shape index (κ3) is 5.00. The van der Waals surface area contributed by atoms with E-state index in [1.807, 2.05) is 0 Å². The van der Waals surface area contributed by atoms with Gasteiger partial charge in [-0.15, -0.1) is 0 Å². The number of nitro groups is 1. The number of carbonyl (C=O) groups excluding carboxylic acids is 2. The van der Waals surface area contributed by atoms with Crippen LogP contribution in [0.3, 0.4) is 0 Å². The Hall–Kier alpha value is -3.49. The van der Waals surface area contributed by atoms with Crippen LogP contribution in [0.15, 0.2) is 42.5 Å². The molecular formula is C18H17FN2O6. The molecular weight excluding hydrogens is 359 g/mol. The molecule has 142 valence electrons. The van der Waals surface area contributed by atoms with Gasteiger partial charge in [-0.2, -0.15) is 4.39 Å². The Balaban J connectivity index is 2.07. The van der Waals surface area contributed by atoms with Gasteiger partial charge in [0, 0.05) is 11.8 Å². The van der Waals surface area contributed by atoms with E-state index in [-0.39, 0.29) is 11.3 Å². The number of anilines is 1. The second kappa shape index (κ2) is 8.75. The van der Waals surface area contributed by atoms with E-state index in [1.165, 1.54) is 19.1 Å². The van der Waals surface area contributed by atoms with Gasteiger partial charge in [-0.3, -0.25) is 14.9 Å². The topological polar surface area (TPSA) is 108 Å². The molecule has 2 aromatic rings. The van der Waals surface area contributed by atoms with Gasteiger partial charge in [0.25, 0.3) is 5.91 Å². The molecule has 0 bridgehead atoms. The Kier molecular flexibility index (Phi) is 6.42. The predicted molar refractivity (Wildman–Crippen MR) is 94.2 cm³/mol. The summed E-state index contributed by atoms with van der Waals surface area (Å²) in [4.78, 5) is 34.3. The SMILES string of the molecule is CCOc1ccccc1C(=O)OC(C)C(=O)Nc1ccc(F)c([N+](=O)[O-])c1. The highest BCUT2D eigenvalue weighted by atomic mass is 19.1. The summed E-state index contributed by atoms with van der Waals surface area (Å²) >= 11 is 0. The van der Waals surface area contributed by atoms with Crippen LogP contribution in [0.2, 0.25) is 0 Å². The summed E-state index contributed by atoms with van der Waals surface area (Å²) in [6.07, 6.45) is -1.20. The fourth-order valence-corrected chi connectivity index (χ4v) is 2.17. The van der Waals surface area contributed by atoms with Crippen LogP contribution in [0.4, 0.5) is 15.8 Å². The van der Waals surface area contributed by atoms with Crippen molar-refractivity contribution < 1.29 is 28.4 Å². The van der Waals surface area contributed by atoms with E-state index in [2.05, 4.69) is 5.32 Å². The number of benzene rings is 2. The number of hydrogen-bond donors (Lipinski definition) is 1. The molecule has 8 nitrogen and oxygen atoms in total. The molecule has 0 heterocycles. The third-order valence-electron chi connectivity index (χ3n) is 3.47. The first kappa shape index (κ1) is 19.8. The molecule has 0 fully saturated rings. The number of hydrogen-bond acceptors (Lipinski definition) is 6. The molecule has 2 aromatic carbocycles. The van der Waals surface area contributed by atoms with Crippen molar-refractivity contribution in [3.63, 3.8) is 0 Å². The molecule has 0 aliphatic rings. The lowest BCUT2D eigenvalue weighted by Gasteiger charge is -2.15. The largest absolute Gasteiger partial charge is 0.493 e. The monoisotopic (exact) mass is 376 g/mol. The molecule has 2 rings (SSSR count). The van der Waals surface area contributed by atoms with E-state index in [1.54, 1.807) is 25.1 Å².